The van der Waals surface area contributed by atoms with Crippen molar-refractivity contribution >= 4 is 11.6 Å². The van der Waals surface area contributed by atoms with E-state index >= 15 is 0 Å². The van der Waals surface area contributed by atoms with Gasteiger partial charge < -0.3 is 10.6 Å². The maximum Gasteiger partial charge on any atom is 0.251 e. The van der Waals surface area contributed by atoms with Gasteiger partial charge in [0.25, 0.3) is 5.91 Å². The van der Waals surface area contributed by atoms with Gasteiger partial charge in [0.1, 0.15) is 0 Å². The van der Waals surface area contributed by atoms with Gasteiger partial charge in [-0.05, 0) is 50.5 Å². The Balaban J connectivity index is 1.94. The van der Waals surface area contributed by atoms with Gasteiger partial charge in [-0.3, -0.25) is 4.79 Å². The predicted molar refractivity (Wildman–Crippen MR) is 65.7 cm³/mol. The lowest BCUT2D eigenvalue weighted by molar-refractivity contribution is 0.0917. The number of carbonyl (C=O) groups is 1. The van der Waals surface area contributed by atoms with Gasteiger partial charge in [-0.2, -0.15) is 0 Å². The maximum atomic E-state index is 11.8. The van der Waals surface area contributed by atoms with E-state index in [9.17, 15) is 4.79 Å². The van der Waals surface area contributed by atoms with E-state index in [2.05, 4.69) is 17.6 Å². The zero-order valence-electron chi connectivity index (χ0n) is 9.62. The van der Waals surface area contributed by atoms with Gasteiger partial charge in [0, 0.05) is 23.8 Å². The third-order valence-electron chi connectivity index (χ3n) is 2.97. The molecule has 0 radical (unpaired) electrons. The van der Waals surface area contributed by atoms with E-state index in [-0.39, 0.29) is 5.91 Å². The minimum Gasteiger partial charge on any atom is -0.385 e. The van der Waals surface area contributed by atoms with Crippen LogP contribution in [0.5, 0.6) is 0 Å². The van der Waals surface area contributed by atoms with Crippen LogP contribution < -0.4 is 10.6 Å². The van der Waals surface area contributed by atoms with E-state index in [1.807, 2.05) is 24.3 Å². The topological polar surface area (TPSA) is 41.1 Å². The molecule has 3 heteroatoms. The number of nitrogens with one attached hydrogen (secondary N) is 2. The fourth-order valence-electron chi connectivity index (χ4n) is 1.76. The lowest BCUT2D eigenvalue weighted by atomic mass is 9.93. The van der Waals surface area contributed by atoms with Crippen molar-refractivity contribution in [3.63, 3.8) is 0 Å². The van der Waals surface area contributed by atoms with E-state index in [4.69, 9.17) is 0 Å². The highest BCUT2D eigenvalue weighted by Crippen LogP contribution is 2.18. The van der Waals surface area contributed by atoms with Crippen molar-refractivity contribution in [3.05, 3.63) is 29.8 Å². The number of benzene rings is 1. The summed E-state index contributed by atoms with van der Waals surface area (Å²) >= 11 is 0. The quantitative estimate of drug-likeness (QED) is 0.814. The molecule has 0 bridgehead atoms. The monoisotopic (exact) mass is 218 g/mol. The molecule has 3 nitrogen and oxygen atoms in total. The van der Waals surface area contributed by atoms with Crippen LogP contribution in [0.25, 0.3) is 0 Å². The first kappa shape index (κ1) is 11.0. The van der Waals surface area contributed by atoms with Crippen molar-refractivity contribution in [1.82, 2.24) is 5.32 Å². The van der Waals surface area contributed by atoms with Gasteiger partial charge in [0.05, 0.1) is 0 Å². The Hall–Kier alpha value is -1.51. The standard InChI is InChI=1S/C13H18N2O/c1-2-14-11-8-6-10(7-9-11)13(16)15-12-4-3-5-12/h6-9,12,14H,2-5H2,1H3,(H,15,16). The van der Waals surface area contributed by atoms with Gasteiger partial charge in [0.15, 0.2) is 0 Å². The molecule has 0 aromatic heterocycles. The second-order valence-corrected chi connectivity index (χ2v) is 4.21. The van der Waals surface area contributed by atoms with Crippen molar-refractivity contribution in [1.29, 1.82) is 0 Å². The number of anilines is 1. The predicted octanol–water partition coefficient (Wildman–Crippen LogP) is 2.40. The summed E-state index contributed by atoms with van der Waals surface area (Å²) < 4.78 is 0. The van der Waals surface area contributed by atoms with E-state index in [0.717, 1.165) is 30.6 Å². The summed E-state index contributed by atoms with van der Waals surface area (Å²) in [6.45, 7) is 2.95. The van der Waals surface area contributed by atoms with Crippen LogP contribution in [0.2, 0.25) is 0 Å². The Labute approximate surface area is 96.2 Å². The summed E-state index contributed by atoms with van der Waals surface area (Å²) in [6, 6.07) is 8.03. The number of hydrogen-bond acceptors (Lipinski definition) is 2. The number of rotatable bonds is 4. The number of carbonyl (C=O) groups excluding carboxylic acids is 1. The second-order valence-electron chi connectivity index (χ2n) is 4.21. The summed E-state index contributed by atoms with van der Waals surface area (Å²) in [5.74, 6) is 0.0488. The van der Waals surface area contributed by atoms with E-state index < -0.39 is 0 Å². The minimum absolute atomic E-state index is 0.0488. The zero-order valence-corrected chi connectivity index (χ0v) is 9.62. The largest absolute Gasteiger partial charge is 0.385 e. The molecular weight excluding hydrogens is 200 g/mol. The molecule has 2 N–H and O–H groups in total. The van der Waals surface area contributed by atoms with E-state index in [0.29, 0.717) is 6.04 Å². The maximum absolute atomic E-state index is 11.8. The molecule has 1 aromatic rings. The molecule has 0 atom stereocenters. The first-order valence-corrected chi connectivity index (χ1v) is 5.94. The molecule has 0 unspecified atom stereocenters. The number of amides is 1. The van der Waals surface area contributed by atoms with Crippen LogP contribution in [0.4, 0.5) is 5.69 Å². The Morgan fingerprint density at radius 3 is 2.50 bits per heavy atom. The van der Waals surface area contributed by atoms with Crippen LogP contribution in [0, 0.1) is 0 Å². The Morgan fingerprint density at radius 1 is 1.31 bits per heavy atom. The van der Waals surface area contributed by atoms with Crippen LogP contribution in [-0.2, 0) is 0 Å². The molecule has 1 amide bonds. The van der Waals surface area contributed by atoms with Crippen molar-refractivity contribution in [2.24, 2.45) is 0 Å². The molecule has 1 saturated carbocycles. The van der Waals surface area contributed by atoms with Crippen LogP contribution in [-0.4, -0.2) is 18.5 Å². The average Bonchev–Trinajstić information content (AvgIpc) is 2.25. The molecule has 0 spiro atoms. The molecule has 0 aliphatic heterocycles. The first-order valence-electron chi connectivity index (χ1n) is 5.94. The molecule has 1 aliphatic carbocycles. The Morgan fingerprint density at radius 2 is 2.00 bits per heavy atom. The lowest BCUT2D eigenvalue weighted by Gasteiger charge is -2.26. The lowest BCUT2D eigenvalue weighted by Crippen LogP contribution is -2.39. The van der Waals surface area contributed by atoms with E-state index in [1.165, 1.54) is 6.42 Å². The molecule has 1 fully saturated rings. The Bertz CT molecular complexity index is 355. The number of hydrogen-bond donors (Lipinski definition) is 2. The molecule has 1 aliphatic rings. The molecule has 1 aromatic carbocycles. The third kappa shape index (κ3) is 2.54. The van der Waals surface area contributed by atoms with Gasteiger partial charge >= 0.3 is 0 Å². The highest BCUT2D eigenvalue weighted by atomic mass is 16.1. The molecule has 16 heavy (non-hydrogen) atoms. The SMILES string of the molecule is CCNc1ccc(C(=O)NC2CCC2)cc1. The van der Waals surface area contributed by atoms with Gasteiger partial charge in [0.2, 0.25) is 0 Å². The first-order chi connectivity index (χ1) is 7.79. The molecular formula is C13H18N2O. The smallest absolute Gasteiger partial charge is 0.251 e. The minimum atomic E-state index is 0.0488. The molecule has 0 heterocycles. The summed E-state index contributed by atoms with van der Waals surface area (Å²) in [5.41, 5.74) is 1.80. The van der Waals surface area contributed by atoms with Crippen molar-refractivity contribution in [2.45, 2.75) is 32.2 Å². The van der Waals surface area contributed by atoms with Crippen molar-refractivity contribution in [3.8, 4) is 0 Å². The Kier molecular flexibility index (Phi) is 3.44. The summed E-state index contributed by atoms with van der Waals surface area (Å²) in [6.07, 6.45) is 3.49. The molecule has 2 rings (SSSR count). The fraction of sp³-hybridized carbons (Fsp3) is 0.462. The average molecular weight is 218 g/mol. The van der Waals surface area contributed by atoms with Crippen LogP contribution in [0.15, 0.2) is 24.3 Å². The van der Waals surface area contributed by atoms with Crippen molar-refractivity contribution in [2.75, 3.05) is 11.9 Å². The van der Waals surface area contributed by atoms with Crippen molar-refractivity contribution < 1.29 is 4.79 Å². The van der Waals surface area contributed by atoms with Crippen LogP contribution >= 0.6 is 0 Å². The van der Waals surface area contributed by atoms with Gasteiger partial charge in [-0.1, -0.05) is 0 Å². The summed E-state index contributed by atoms with van der Waals surface area (Å²) in [7, 11) is 0. The zero-order chi connectivity index (χ0) is 11.4. The van der Waals surface area contributed by atoms with Crippen LogP contribution in [0.1, 0.15) is 36.5 Å². The van der Waals surface area contributed by atoms with Crippen LogP contribution in [0.3, 0.4) is 0 Å². The second kappa shape index (κ2) is 5.01. The summed E-state index contributed by atoms with van der Waals surface area (Å²) in [5, 5.41) is 6.23. The highest BCUT2D eigenvalue weighted by Gasteiger charge is 2.19. The van der Waals surface area contributed by atoms with Gasteiger partial charge in [-0.25, -0.2) is 0 Å². The fourth-order valence-corrected chi connectivity index (χ4v) is 1.76. The van der Waals surface area contributed by atoms with Gasteiger partial charge in [-0.15, -0.1) is 0 Å². The highest BCUT2D eigenvalue weighted by molar-refractivity contribution is 5.94. The molecule has 86 valence electrons. The summed E-state index contributed by atoms with van der Waals surface area (Å²) in [4.78, 5) is 11.8. The van der Waals surface area contributed by atoms with E-state index in [1.54, 1.807) is 0 Å². The normalized spacial score (nSPS) is 15.3. The molecule has 0 saturated heterocycles. The third-order valence-corrected chi connectivity index (χ3v) is 2.97.